The van der Waals surface area contributed by atoms with Gasteiger partial charge in [-0.25, -0.2) is 9.98 Å². The van der Waals surface area contributed by atoms with Crippen molar-refractivity contribution in [2.24, 2.45) is 16.8 Å². The lowest BCUT2D eigenvalue weighted by Gasteiger charge is -2.14. The van der Waals surface area contributed by atoms with Crippen molar-refractivity contribution < 1.29 is 13.2 Å². The molecule has 0 amide bonds. The van der Waals surface area contributed by atoms with Gasteiger partial charge in [-0.1, -0.05) is 6.07 Å². The molecule has 0 aliphatic heterocycles. The number of nitrogens with zero attached hydrogens (tertiary/aromatic N) is 5. The van der Waals surface area contributed by atoms with E-state index >= 15 is 0 Å². The highest BCUT2D eigenvalue weighted by atomic mass is 19.4. The van der Waals surface area contributed by atoms with E-state index in [2.05, 4.69) is 30.2 Å². The van der Waals surface area contributed by atoms with Gasteiger partial charge in [0.05, 0.1) is 0 Å². The van der Waals surface area contributed by atoms with Crippen LogP contribution in [-0.2, 0) is 6.18 Å². The summed E-state index contributed by atoms with van der Waals surface area (Å²) in [7, 11) is 0. The van der Waals surface area contributed by atoms with E-state index in [-0.39, 0.29) is 23.5 Å². The first-order valence-electron chi connectivity index (χ1n) is 9.42. The fourth-order valence-electron chi connectivity index (χ4n) is 2.98. The summed E-state index contributed by atoms with van der Waals surface area (Å²) in [5, 5.41) is 3.24. The number of hydrogen-bond donors (Lipinski definition) is 1. The fraction of sp³-hybridized carbons (Fsp3) is 0.526. The van der Waals surface area contributed by atoms with E-state index < -0.39 is 11.9 Å². The van der Waals surface area contributed by atoms with Crippen LogP contribution < -0.4 is 5.32 Å². The summed E-state index contributed by atoms with van der Waals surface area (Å²) in [4.78, 5) is 21.1. The van der Waals surface area contributed by atoms with Crippen LogP contribution in [-0.4, -0.2) is 31.7 Å². The van der Waals surface area contributed by atoms with Crippen molar-refractivity contribution >= 4 is 17.6 Å². The second-order valence-electron chi connectivity index (χ2n) is 7.49. The van der Waals surface area contributed by atoms with Crippen LogP contribution >= 0.6 is 0 Å². The summed E-state index contributed by atoms with van der Waals surface area (Å²) in [6, 6.07) is 3.86. The van der Waals surface area contributed by atoms with Gasteiger partial charge in [0, 0.05) is 11.8 Å². The normalized spacial score (nSPS) is 18.8. The van der Waals surface area contributed by atoms with Crippen LogP contribution in [0.4, 0.5) is 25.1 Å². The molecule has 4 rings (SSSR count). The maximum absolute atomic E-state index is 13.0. The van der Waals surface area contributed by atoms with E-state index in [9.17, 15) is 13.2 Å². The average molecular weight is 390 g/mol. The van der Waals surface area contributed by atoms with Crippen molar-refractivity contribution in [3.8, 4) is 11.5 Å². The molecule has 0 saturated heterocycles. The molecule has 1 atom stereocenters. The molecule has 2 aliphatic rings. The topological polar surface area (TPSA) is 76.0 Å². The van der Waals surface area contributed by atoms with E-state index in [1.165, 1.54) is 12.1 Å². The van der Waals surface area contributed by atoms with E-state index in [0.717, 1.165) is 37.5 Å². The predicted octanol–water partition coefficient (Wildman–Crippen LogP) is 4.67. The third-order valence-corrected chi connectivity index (χ3v) is 5.02. The molecule has 0 aromatic carbocycles. The second kappa shape index (κ2) is 7.10. The van der Waals surface area contributed by atoms with Crippen LogP contribution in [0.25, 0.3) is 11.5 Å². The molecule has 2 fully saturated rings. The first-order valence-corrected chi connectivity index (χ1v) is 9.42. The number of nitrogens with one attached hydrogen (secondary N) is 1. The van der Waals surface area contributed by atoms with Gasteiger partial charge in [-0.3, -0.25) is 0 Å². The summed E-state index contributed by atoms with van der Waals surface area (Å²) >= 11 is 0. The molecule has 148 valence electrons. The van der Waals surface area contributed by atoms with Crippen LogP contribution in [0.15, 0.2) is 23.2 Å². The van der Waals surface area contributed by atoms with Gasteiger partial charge in [-0.2, -0.15) is 28.1 Å². The van der Waals surface area contributed by atoms with Crippen molar-refractivity contribution in [3.63, 3.8) is 0 Å². The van der Waals surface area contributed by atoms with Gasteiger partial charge in [0.15, 0.2) is 5.82 Å². The maximum atomic E-state index is 13.0. The van der Waals surface area contributed by atoms with Crippen LogP contribution in [0.3, 0.4) is 0 Å². The predicted molar refractivity (Wildman–Crippen MR) is 99.4 cm³/mol. The van der Waals surface area contributed by atoms with Gasteiger partial charge in [-0.05, 0) is 63.5 Å². The molecule has 0 radical (unpaired) electrons. The number of halogens is 3. The number of pyridine rings is 1. The number of aromatic nitrogens is 4. The summed E-state index contributed by atoms with van der Waals surface area (Å²) < 4.78 is 39.1. The highest BCUT2D eigenvalue weighted by molar-refractivity contribution is 5.88. The van der Waals surface area contributed by atoms with Gasteiger partial charge in [0.25, 0.3) is 5.95 Å². The van der Waals surface area contributed by atoms with Crippen LogP contribution in [0.1, 0.15) is 45.2 Å². The standard InChI is InChI=1S/C19H21F3N6/c1-10(12-6-7-12)23-17-26-16(14-4-3-5-15(25-14)19(20,21)22)27-18(28-17)24-11(2)13-8-9-13/h3-5,10,12-13H,6-9H2,1-2H3,(H,23,26,27,28)/t10-/m1/s1. The molecule has 2 aromatic heterocycles. The highest BCUT2D eigenvalue weighted by Crippen LogP contribution is 2.34. The van der Waals surface area contributed by atoms with Crippen molar-refractivity contribution in [1.29, 1.82) is 0 Å². The van der Waals surface area contributed by atoms with Crippen molar-refractivity contribution in [2.75, 3.05) is 5.32 Å². The third kappa shape index (κ3) is 4.45. The van der Waals surface area contributed by atoms with Gasteiger partial charge in [-0.15, -0.1) is 0 Å². The molecular weight excluding hydrogens is 369 g/mol. The lowest BCUT2D eigenvalue weighted by Crippen LogP contribution is -2.19. The molecule has 1 N–H and O–H groups in total. The Morgan fingerprint density at radius 2 is 1.86 bits per heavy atom. The molecule has 0 bridgehead atoms. The molecular formula is C19H21F3N6. The van der Waals surface area contributed by atoms with Crippen molar-refractivity contribution in [2.45, 2.75) is 51.7 Å². The molecule has 9 heteroatoms. The smallest absolute Gasteiger partial charge is 0.351 e. The lowest BCUT2D eigenvalue weighted by molar-refractivity contribution is -0.141. The Labute approximate surface area is 160 Å². The average Bonchev–Trinajstić information content (AvgIpc) is 3.53. The van der Waals surface area contributed by atoms with Crippen LogP contribution in [0.5, 0.6) is 0 Å². The minimum Gasteiger partial charge on any atom is -0.351 e. The largest absolute Gasteiger partial charge is 0.433 e. The molecule has 2 aliphatic carbocycles. The number of anilines is 1. The third-order valence-electron chi connectivity index (χ3n) is 5.02. The first-order chi connectivity index (χ1) is 13.3. The Kier molecular flexibility index (Phi) is 4.76. The zero-order chi connectivity index (χ0) is 19.9. The molecule has 0 unspecified atom stereocenters. The number of alkyl halides is 3. The minimum absolute atomic E-state index is 0.0416. The summed E-state index contributed by atoms with van der Waals surface area (Å²) in [5.74, 6) is 1.58. The quantitative estimate of drug-likeness (QED) is 0.726. The van der Waals surface area contributed by atoms with Crippen LogP contribution in [0.2, 0.25) is 0 Å². The van der Waals surface area contributed by atoms with E-state index in [0.29, 0.717) is 17.8 Å². The Morgan fingerprint density at radius 1 is 1.11 bits per heavy atom. The Bertz CT molecular complexity index is 903. The summed E-state index contributed by atoms with van der Waals surface area (Å²) in [6.07, 6.45) is -0.0626. The second-order valence-corrected chi connectivity index (χ2v) is 7.49. The maximum Gasteiger partial charge on any atom is 0.433 e. The van der Waals surface area contributed by atoms with Crippen LogP contribution in [0, 0.1) is 11.8 Å². The monoisotopic (exact) mass is 390 g/mol. The van der Waals surface area contributed by atoms with E-state index in [4.69, 9.17) is 0 Å². The van der Waals surface area contributed by atoms with Gasteiger partial charge < -0.3 is 5.32 Å². The molecule has 2 aromatic rings. The zero-order valence-corrected chi connectivity index (χ0v) is 15.7. The summed E-state index contributed by atoms with van der Waals surface area (Å²) in [5.41, 5.74) is -0.0132. The zero-order valence-electron chi connectivity index (χ0n) is 15.7. The number of hydrogen-bond acceptors (Lipinski definition) is 6. The van der Waals surface area contributed by atoms with Crippen molar-refractivity contribution in [3.05, 3.63) is 23.9 Å². The lowest BCUT2D eigenvalue weighted by atomic mass is 10.2. The Balaban J connectivity index is 1.71. The number of rotatable bonds is 6. The van der Waals surface area contributed by atoms with Crippen molar-refractivity contribution in [1.82, 2.24) is 19.9 Å². The summed E-state index contributed by atoms with van der Waals surface area (Å²) in [6.45, 7) is 3.96. The Hall–Kier alpha value is -2.58. The van der Waals surface area contributed by atoms with Gasteiger partial charge in [0.2, 0.25) is 5.95 Å². The molecule has 28 heavy (non-hydrogen) atoms. The fourth-order valence-corrected chi connectivity index (χ4v) is 2.98. The molecule has 6 nitrogen and oxygen atoms in total. The highest BCUT2D eigenvalue weighted by Gasteiger charge is 2.33. The number of aliphatic imine (C=N–C) groups is 1. The SMILES string of the molecule is CC(=Nc1nc(N[C@H](C)C2CC2)nc(-c2cccc(C(F)(F)F)n2)n1)C1CC1. The first kappa shape index (κ1) is 18.8. The van der Waals surface area contributed by atoms with Gasteiger partial charge >= 0.3 is 6.18 Å². The molecule has 2 saturated carbocycles. The van der Waals surface area contributed by atoms with E-state index in [1.807, 2.05) is 13.8 Å². The van der Waals surface area contributed by atoms with E-state index in [1.54, 1.807) is 0 Å². The minimum atomic E-state index is -4.53. The molecule has 0 spiro atoms. The van der Waals surface area contributed by atoms with Gasteiger partial charge in [0.1, 0.15) is 11.4 Å². The Morgan fingerprint density at radius 3 is 2.50 bits per heavy atom. The molecule has 2 heterocycles.